The highest BCUT2D eigenvalue weighted by molar-refractivity contribution is 7.91. The molecule has 12 heavy (non-hydrogen) atoms. The minimum atomic E-state index is -2.87. The summed E-state index contributed by atoms with van der Waals surface area (Å²) < 4.78 is 21.8. The second-order valence-electron chi connectivity index (χ2n) is 2.85. The highest BCUT2D eigenvalue weighted by atomic mass is 32.2. The minimum absolute atomic E-state index is 0.0511. The highest BCUT2D eigenvalue weighted by Gasteiger charge is 2.22. The van der Waals surface area contributed by atoms with E-state index in [0.29, 0.717) is 13.1 Å². The summed E-state index contributed by atoms with van der Waals surface area (Å²) in [5, 5.41) is 0. The number of carbonyl (C=O) groups excluding carboxylic acids is 1. The normalized spacial score (nSPS) is 23.7. The van der Waals surface area contributed by atoms with Crippen LogP contribution in [-0.4, -0.2) is 50.4 Å². The molecular formula is C6H11N2O3S. The van der Waals surface area contributed by atoms with Crippen LogP contribution in [0.25, 0.3) is 0 Å². The quantitative estimate of drug-likeness (QED) is 0.533. The van der Waals surface area contributed by atoms with Crippen LogP contribution in [0.5, 0.6) is 0 Å². The highest BCUT2D eigenvalue weighted by Crippen LogP contribution is 2.02. The lowest BCUT2D eigenvalue weighted by atomic mass is 10.4. The number of sulfone groups is 1. The molecule has 0 unspecified atom stereocenters. The van der Waals surface area contributed by atoms with E-state index in [1.54, 1.807) is 4.90 Å². The predicted molar refractivity (Wildman–Crippen MR) is 43.2 cm³/mol. The molecule has 1 fully saturated rings. The molecular weight excluding hydrogens is 180 g/mol. The van der Waals surface area contributed by atoms with Crippen molar-refractivity contribution in [3.05, 3.63) is 0 Å². The first-order valence-corrected chi connectivity index (χ1v) is 5.49. The third kappa shape index (κ3) is 2.78. The molecule has 5 nitrogen and oxygen atoms in total. The molecule has 0 bridgehead atoms. The van der Waals surface area contributed by atoms with E-state index in [9.17, 15) is 13.2 Å². The molecule has 1 aliphatic rings. The zero-order chi connectivity index (χ0) is 9.19. The predicted octanol–water partition coefficient (Wildman–Crippen LogP) is -1.47. The molecule has 0 saturated carbocycles. The maximum absolute atomic E-state index is 10.9. The van der Waals surface area contributed by atoms with Crippen molar-refractivity contribution in [2.45, 2.75) is 0 Å². The van der Waals surface area contributed by atoms with E-state index in [2.05, 4.69) is 0 Å². The van der Waals surface area contributed by atoms with Crippen LogP contribution in [0.3, 0.4) is 0 Å². The average molecular weight is 191 g/mol. The summed E-state index contributed by atoms with van der Waals surface area (Å²) in [5.41, 5.74) is 6.68. The molecule has 1 aliphatic heterocycles. The first kappa shape index (κ1) is 9.47. The topological polar surface area (TPSA) is 78.2 Å². The van der Waals surface area contributed by atoms with Gasteiger partial charge in [0.25, 0.3) is 5.91 Å². The molecule has 1 saturated heterocycles. The molecule has 0 aromatic carbocycles. The summed E-state index contributed by atoms with van der Waals surface area (Å²) in [6.07, 6.45) is 0. The third-order valence-electron chi connectivity index (χ3n) is 1.80. The van der Waals surface area contributed by atoms with E-state index in [-0.39, 0.29) is 18.1 Å². The van der Waals surface area contributed by atoms with E-state index >= 15 is 0 Å². The van der Waals surface area contributed by atoms with Crippen LogP contribution in [0.4, 0.5) is 0 Å². The molecule has 0 atom stereocenters. The Morgan fingerprint density at radius 3 is 2.25 bits per heavy atom. The fourth-order valence-electron chi connectivity index (χ4n) is 1.11. The molecule has 1 amide bonds. The molecule has 0 aliphatic carbocycles. The first-order chi connectivity index (χ1) is 5.49. The summed E-state index contributed by atoms with van der Waals surface area (Å²) in [4.78, 5) is 12.0. The molecule has 69 valence electrons. The number of carbonyl (C=O) groups is 1. The molecule has 0 aromatic heterocycles. The van der Waals surface area contributed by atoms with Crippen LogP contribution in [-0.2, 0) is 14.6 Å². The molecule has 6 heteroatoms. The van der Waals surface area contributed by atoms with Gasteiger partial charge < -0.3 is 0 Å². The third-order valence-corrected chi connectivity index (χ3v) is 3.41. The van der Waals surface area contributed by atoms with Crippen molar-refractivity contribution < 1.29 is 13.2 Å². The fourth-order valence-corrected chi connectivity index (χ4v) is 2.39. The second kappa shape index (κ2) is 3.40. The Morgan fingerprint density at radius 1 is 1.33 bits per heavy atom. The summed E-state index contributed by atoms with van der Waals surface area (Å²) in [6.45, 7) is 0.815. The van der Waals surface area contributed by atoms with Crippen LogP contribution in [0, 0.1) is 0 Å². The van der Waals surface area contributed by atoms with Gasteiger partial charge in [0.05, 0.1) is 18.1 Å². The number of nitrogens with one attached hydrogen (secondary N) is 1. The van der Waals surface area contributed by atoms with Gasteiger partial charge in [-0.1, -0.05) is 0 Å². The van der Waals surface area contributed by atoms with Crippen molar-refractivity contribution in [1.82, 2.24) is 10.6 Å². The van der Waals surface area contributed by atoms with Crippen LogP contribution in [0.2, 0.25) is 0 Å². The van der Waals surface area contributed by atoms with Gasteiger partial charge in [-0.05, 0) is 0 Å². The van der Waals surface area contributed by atoms with Crippen LogP contribution < -0.4 is 5.73 Å². The lowest BCUT2D eigenvalue weighted by Crippen LogP contribution is -2.42. The van der Waals surface area contributed by atoms with E-state index in [1.807, 2.05) is 0 Å². The Labute approximate surface area is 71.4 Å². The number of rotatable bonds is 2. The maximum atomic E-state index is 10.9. The molecule has 1 N–H and O–H groups in total. The van der Waals surface area contributed by atoms with Gasteiger partial charge in [0.1, 0.15) is 0 Å². The average Bonchev–Trinajstić information content (AvgIpc) is 1.93. The lowest BCUT2D eigenvalue weighted by molar-refractivity contribution is -0.119. The molecule has 0 spiro atoms. The van der Waals surface area contributed by atoms with Crippen molar-refractivity contribution in [3.63, 3.8) is 0 Å². The molecule has 1 rings (SSSR count). The SMILES string of the molecule is [NH]C(=O)CN1CCS(=O)(=O)CC1. The monoisotopic (exact) mass is 191 g/mol. The fraction of sp³-hybridized carbons (Fsp3) is 0.833. The van der Waals surface area contributed by atoms with E-state index < -0.39 is 15.7 Å². The van der Waals surface area contributed by atoms with Gasteiger partial charge in [0.2, 0.25) is 0 Å². The Balaban J connectivity index is 2.41. The Bertz CT molecular complexity index is 259. The molecule has 0 aromatic rings. The van der Waals surface area contributed by atoms with Crippen molar-refractivity contribution in [3.8, 4) is 0 Å². The van der Waals surface area contributed by atoms with Crippen LogP contribution >= 0.6 is 0 Å². The Hall–Kier alpha value is -0.620. The zero-order valence-electron chi connectivity index (χ0n) is 6.62. The maximum Gasteiger partial charge on any atom is 0.252 e. The lowest BCUT2D eigenvalue weighted by Gasteiger charge is -2.24. The standard InChI is InChI=1S/C6H11N2O3S/c7-6(9)5-8-1-3-12(10,11)4-2-8/h7H,1-5H2. The van der Waals surface area contributed by atoms with Crippen molar-refractivity contribution in [2.24, 2.45) is 0 Å². The van der Waals surface area contributed by atoms with Gasteiger partial charge in [0.15, 0.2) is 9.84 Å². The van der Waals surface area contributed by atoms with Crippen molar-refractivity contribution in [1.29, 1.82) is 0 Å². The number of amides is 1. The minimum Gasteiger partial charge on any atom is -0.292 e. The van der Waals surface area contributed by atoms with Gasteiger partial charge in [-0.25, -0.2) is 8.42 Å². The summed E-state index contributed by atoms with van der Waals surface area (Å²) in [5.74, 6) is -0.435. The van der Waals surface area contributed by atoms with E-state index in [0.717, 1.165) is 0 Å². The van der Waals surface area contributed by atoms with Crippen LogP contribution in [0.1, 0.15) is 0 Å². The van der Waals surface area contributed by atoms with Crippen molar-refractivity contribution >= 4 is 15.7 Å². The van der Waals surface area contributed by atoms with Gasteiger partial charge >= 0.3 is 0 Å². The Kier molecular flexibility index (Phi) is 2.69. The van der Waals surface area contributed by atoms with Gasteiger partial charge in [-0.15, -0.1) is 0 Å². The summed E-state index contributed by atoms with van der Waals surface area (Å²) in [6, 6.07) is 0. The van der Waals surface area contributed by atoms with Gasteiger partial charge in [-0.3, -0.25) is 15.4 Å². The largest absolute Gasteiger partial charge is 0.292 e. The number of hydrogen-bond acceptors (Lipinski definition) is 4. The van der Waals surface area contributed by atoms with E-state index in [1.165, 1.54) is 0 Å². The zero-order valence-corrected chi connectivity index (χ0v) is 7.43. The summed E-state index contributed by atoms with van der Waals surface area (Å²) in [7, 11) is -2.87. The van der Waals surface area contributed by atoms with Gasteiger partial charge in [-0.2, -0.15) is 0 Å². The van der Waals surface area contributed by atoms with Gasteiger partial charge in [0, 0.05) is 13.1 Å². The number of hydrogen-bond donors (Lipinski definition) is 0. The molecule has 1 radical (unpaired) electrons. The summed E-state index contributed by atoms with van der Waals surface area (Å²) >= 11 is 0. The number of nitrogens with zero attached hydrogens (tertiary/aromatic N) is 1. The van der Waals surface area contributed by atoms with Crippen molar-refractivity contribution in [2.75, 3.05) is 31.1 Å². The second-order valence-corrected chi connectivity index (χ2v) is 5.15. The molecule has 1 heterocycles. The first-order valence-electron chi connectivity index (χ1n) is 3.67. The smallest absolute Gasteiger partial charge is 0.252 e. The van der Waals surface area contributed by atoms with Crippen LogP contribution in [0.15, 0.2) is 0 Å². The Morgan fingerprint density at radius 2 is 1.83 bits per heavy atom. The van der Waals surface area contributed by atoms with E-state index in [4.69, 9.17) is 5.73 Å².